The second-order valence-corrected chi connectivity index (χ2v) is 11.0. The first-order valence-electron chi connectivity index (χ1n) is 11.1. The Hall–Kier alpha value is -2.09. The van der Waals surface area contributed by atoms with Crippen molar-refractivity contribution in [3.63, 3.8) is 0 Å². The second kappa shape index (κ2) is 8.21. The Labute approximate surface area is 177 Å². The topological polar surface area (TPSA) is 101 Å². The summed E-state index contributed by atoms with van der Waals surface area (Å²) in [6.07, 6.45) is 7.17. The Kier molecular flexibility index (Phi) is 5.79. The third kappa shape index (κ3) is 4.19. The fourth-order valence-corrected chi connectivity index (χ4v) is 6.21. The molecule has 2 fully saturated rings. The van der Waals surface area contributed by atoms with Gasteiger partial charge in [-0.25, -0.2) is 13.2 Å². The number of aryl methyl sites for hydroxylation is 1. The van der Waals surface area contributed by atoms with Gasteiger partial charge in [0.05, 0.1) is 15.8 Å². The third-order valence-electron chi connectivity index (χ3n) is 6.84. The van der Waals surface area contributed by atoms with E-state index in [0.717, 1.165) is 49.6 Å². The van der Waals surface area contributed by atoms with Gasteiger partial charge in [-0.2, -0.15) is 0 Å². The highest BCUT2D eigenvalue weighted by Crippen LogP contribution is 2.48. The van der Waals surface area contributed by atoms with Crippen LogP contribution in [0.2, 0.25) is 0 Å². The standard InChI is InChI=1S/C22H31N3O4S/c1-2-16-15-17(16)20(26)24-30(28,29)22(12-13-22)11-7-3-4-8-14-25-19-10-6-5-9-18(19)23-21(25)27/h5-6,9-10,16-17H,2-4,7-8,11-15H2,1H3,(H,23,27)(H,24,26). The Morgan fingerprint density at radius 3 is 2.63 bits per heavy atom. The number of unbranched alkanes of at least 4 members (excludes halogenated alkanes) is 3. The average molecular weight is 434 g/mol. The number of nitrogens with one attached hydrogen (secondary N) is 2. The number of carbonyl (C=O) groups excluding carboxylic acids is 1. The number of nitrogens with zero attached hydrogens (tertiary/aromatic N) is 1. The number of aromatic nitrogens is 2. The van der Waals surface area contributed by atoms with Gasteiger partial charge in [-0.15, -0.1) is 0 Å². The molecular formula is C22H31N3O4S. The molecule has 1 amide bonds. The molecule has 30 heavy (non-hydrogen) atoms. The maximum atomic E-state index is 12.7. The zero-order valence-electron chi connectivity index (χ0n) is 17.5. The van der Waals surface area contributed by atoms with Crippen LogP contribution in [-0.2, 0) is 21.4 Å². The van der Waals surface area contributed by atoms with E-state index < -0.39 is 14.8 Å². The van der Waals surface area contributed by atoms with Gasteiger partial charge in [-0.3, -0.25) is 14.1 Å². The minimum Gasteiger partial charge on any atom is -0.306 e. The first-order chi connectivity index (χ1) is 14.4. The van der Waals surface area contributed by atoms with Crippen molar-refractivity contribution < 1.29 is 13.2 Å². The highest BCUT2D eigenvalue weighted by molar-refractivity contribution is 7.91. The fraction of sp³-hybridized carbons (Fsp3) is 0.636. The van der Waals surface area contributed by atoms with Crippen molar-refractivity contribution in [2.45, 2.75) is 76.0 Å². The predicted molar refractivity (Wildman–Crippen MR) is 117 cm³/mol. The van der Waals surface area contributed by atoms with Crippen LogP contribution in [0.25, 0.3) is 11.0 Å². The van der Waals surface area contributed by atoms with Gasteiger partial charge in [0.25, 0.3) is 0 Å². The number of para-hydroxylation sites is 2. The molecule has 1 aromatic carbocycles. The summed E-state index contributed by atoms with van der Waals surface area (Å²) in [4.78, 5) is 27.2. The van der Waals surface area contributed by atoms with Crippen LogP contribution in [0.4, 0.5) is 0 Å². The van der Waals surface area contributed by atoms with Crippen molar-refractivity contribution in [3.8, 4) is 0 Å². The van der Waals surface area contributed by atoms with Gasteiger partial charge < -0.3 is 4.98 Å². The highest BCUT2D eigenvalue weighted by atomic mass is 32.2. The summed E-state index contributed by atoms with van der Waals surface area (Å²) >= 11 is 0. The number of aromatic amines is 1. The summed E-state index contributed by atoms with van der Waals surface area (Å²) in [5, 5.41) is 0. The van der Waals surface area contributed by atoms with Gasteiger partial charge >= 0.3 is 5.69 Å². The molecule has 164 valence electrons. The summed E-state index contributed by atoms with van der Waals surface area (Å²) in [6, 6.07) is 7.66. The lowest BCUT2D eigenvalue weighted by atomic mass is 10.1. The third-order valence-corrected chi connectivity index (χ3v) is 9.06. The SMILES string of the molecule is CCC1CC1C(=O)NS(=O)(=O)C1(CCCCCCn2c(=O)[nH]c3ccccc32)CC1. The number of benzene rings is 1. The van der Waals surface area contributed by atoms with Crippen molar-refractivity contribution in [1.29, 1.82) is 0 Å². The molecule has 2 N–H and O–H groups in total. The summed E-state index contributed by atoms with van der Waals surface area (Å²) in [6.45, 7) is 2.69. The van der Waals surface area contributed by atoms with Crippen molar-refractivity contribution in [3.05, 3.63) is 34.7 Å². The van der Waals surface area contributed by atoms with Crippen LogP contribution in [0.1, 0.15) is 64.7 Å². The molecule has 8 heteroatoms. The van der Waals surface area contributed by atoms with E-state index in [9.17, 15) is 18.0 Å². The van der Waals surface area contributed by atoms with E-state index in [2.05, 4.69) is 9.71 Å². The molecule has 1 aromatic heterocycles. The maximum Gasteiger partial charge on any atom is 0.326 e. The van der Waals surface area contributed by atoms with Gasteiger partial charge in [-0.1, -0.05) is 44.7 Å². The smallest absolute Gasteiger partial charge is 0.306 e. The minimum absolute atomic E-state index is 0.0871. The number of carbonyl (C=O) groups is 1. The molecule has 2 atom stereocenters. The lowest BCUT2D eigenvalue weighted by Crippen LogP contribution is -2.40. The number of imidazole rings is 1. The molecule has 2 aliphatic rings. The van der Waals surface area contributed by atoms with Crippen LogP contribution < -0.4 is 10.4 Å². The van der Waals surface area contributed by atoms with E-state index in [4.69, 9.17) is 0 Å². The minimum atomic E-state index is -3.59. The van der Waals surface area contributed by atoms with E-state index in [-0.39, 0.29) is 17.5 Å². The molecule has 4 rings (SSSR count). The van der Waals surface area contributed by atoms with E-state index in [1.807, 2.05) is 31.2 Å². The van der Waals surface area contributed by atoms with Gasteiger partial charge in [0.2, 0.25) is 15.9 Å². The molecule has 0 bridgehead atoms. The Balaban J connectivity index is 1.21. The van der Waals surface area contributed by atoms with Gasteiger partial charge in [0, 0.05) is 12.5 Å². The predicted octanol–water partition coefficient (Wildman–Crippen LogP) is 3.30. The quantitative estimate of drug-likeness (QED) is 0.531. The molecule has 0 radical (unpaired) electrons. The van der Waals surface area contributed by atoms with Gasteiger partial charge in [-0.05, 0) is 50.2 Å². The van der Waals surface area contributed by atoms with Crippen molar-refractivity contribution in [1.82, 2.24) is 14.3 Å². The first kappa shape index (κ1) is 21.2. The van der Waals surface area contributed by atoms with Crippen LogP contribution in [0.15, 0.2) is 29.1 Å². The van der Waals surface area contributed by atoms with Crippen molar-refractivity contribution >= 4 is 27.0 Å². The van der Waals surface area contributed by atoms with Gasteiger partial charge in [0.15, 0.2) is 0 Å². The molecule has 0 spiro atoms. The molecule has 2 unspecified atom stereocenters. The molecular weight excluding hydrogens is 402 g/mol. The summed E-state index contributed by atoms with van der Waals surface area (Å²) < 4.78 is 28.8. The zero-order chi connectivity index (χ0) is 21.4. The van der Waals surface area contributed by atoms with Gasteiger partial charge in [0.1, 0.15) is 0 Å². The number of sulfonamides is 1. The molecule has 2 aliphatic carbocycles. The number of hydrogen-bond acceptors (Lipinski definition) is 4. The van der Waals surface area contributed by atoms with Crippen molar-refractivity contribution in [2.75, 3.05) is 0 Å². The highest BCUT2D eigenvalue weighted by Gasteiger charge is 2.55. The largest absolute Gasteiger partial charge is 0.326 e. The van der Waals surface area contributed by atoms with Crippen LogP contribution in [0, 0.1) is 11.8 Å². The average Bonchev–Trinajstić information content (AvgIpc) is 3.62. The molecule has 2 aromatic rings. The maximum absolute atomic E-state index is 12.7. The molecule has 0 saturated heterocycles. The van der Waals surface area contributed by atoms with Crippen molar-refractivity contribution in [2.24, 2.45) is 11.8 Å². The van der Waals surface area contributed by atoms with Crippen LogP contribution in [0.5, 0.6) is 0 Å². The zero-order valence-corrected chi connectivity index (χ0v) is 18.3. The van der Waals surface area contributed by atoms with E-state index in [0.29, 0.717) is 31.7 Å². The lowest BCUT2D eigenvalue weighted by Gasteiger charge is -2.17. The molecule has 0 aliphatic heterocycles. The Bertz CT molecular complexity index is 1080. The van der Waals surface area contributed by atoms with E-state index >= 15 is 0 Å². The molecule has 1 heterocycles. The monoisotopic (exact) mass is 433 g/mol. The number of hydrogen-bond donors (Lipinski definition) is 2. The number of H-pyrrole nitrogens is 1. The summed E-state index contributed by atoms with van der Waals surface area (Å²) in [5.41, 5.74) is 1.68. The van der Waals surface area contributed by atoms with Crippen LogP contribution in [-0.4, -0.2) is 28.6 Å². The number of amides is 1. The normalized spacial score (nSPS) is 22.2. The lowest BCUT2D eigenvalue weighted by molar-refractivity contribution is -0.120. The molecule has 7 nitrogen and oxygen atoms in total. The second-order valence-electron chi connectivity index (χ2n) is 8.93. The van der Waals surface area contributed by atoms with E-state index in [1.54, 1.807) is 4.57 Å². The van der Waals surface area contributed by atoms with E-state index in [1.165, 1.54) is 0 Å². The Morgan fingerprint density at radius 2 is 1.93 bits per heavy atom. The Morgan fingerprint density at radius 1 is 1.20 bits per heavy atom. The molecule has 2 saturated carbocycles. The number of rotatable bonds is 11. The summed E-state index contributed by atoms with van der Waals surface area (Å²) in [7, 11) is -3.59. The van der Waals surface area contributed by atoms with Crippen LogP contribution in [0.3, 0.4) is 0 Å². The summed E-state index contributed by atoms with van der Waals surface area (Å²) in [5.74, 6) is -0.0780. The van der Waals surface area contributed by atoms with Crippen LogP contribution >= 0.6 is 0 Å². The fourth-order valence-electron chi connectivity index (χ4n) is 4.53. The number of fused-ring (bicyclic) bond motifs is 1. The first-order valence-corrected chi connectivity index (χ1v) is 12.6.